The number of rotatable bonds is 0. The molecule has 1 fully saturated rings. The van der Waals surface area contributed by atoms with E-state index in [1.165, 1.54) is 42.0 Å². The van der Waals surface area contributed by atoms with Crippen LogP contribution >= 0.6 is 11.8 Å². The summed E-state index contributed by atoms with van der Waals surface area (Å²) in [5, 5.41) is 13.0. The molecule has 0 atom stereocenters. The van der Waals surface area contributed by atoms with Gasteiger partial charge in [0.15, 0.2) is 0 Å². The number of phenols is 1. The Hall–Kier alpha value is -0.830. The minimum Gasteiger partial charge on any atom is -0.508 e. The lowest BCUT2D eigenvalue weighted by Crippen LogP contribution is -2.27. The second-order valence-electron chi connectivity index (χ2n) is 5.03. The van der Waals surface area contributed by atoms with E-state index >= 15 is 0 Å². The Morgan fingerprint density at radius 2 is 2.06 bits per heavy atom. The molecule has 0 aromatic heterocycles. The van der Waals surface area contributed by atoms with Gasteiger partial charge in [-0.15, -0.1) is 11.8 Å². The van der Waals surface area contributed by atoms with Crippen LogP contribution in [0.15, 0.2) is 23.1 Å². The van der Waals surface area contributed by atoms with E-state index in [1.54, 1.807) is 6.07 Å². The first kappa shape index (κ1) is 10.3. The van der Waals surface area contributed by atoms with Crippen LogP contribution in [-0.4, -0.2) is 17.4 Å². The van der Waals surface area contributed by atoms with Crippen LogP contribution in [0.1, 0.15) is 25.7 Å². The third kappa shape index (κ3) is 1.77. The lowest BCUT2D eigenvalue weighted by atomic mass is 9.88. The summed E-state index contributed by atoms with van der Waals surface area (Å²) in [7, 11) is 0. The van der Waals surface area contributed by atoms with Crippen LogP contribution in [0.4, 0.5) is 5.69 Å². The first-order valence-electron chi connectivity index (χ1n) is 5.97. The van der Waals surface area contributed by atoms with Gasteiger partial charge in [0.1, 0.15) is 5.75 Å². The topological polar surface area (TPSA) is 32.3 Å². The molecule has 1 aromatic rings. The molecule has 2 N–H and O–H groups in total. The van der Waals surface area contributed by atoms with Crippen molar-refractivity contribution in [2.24, 2.45) is 5.41 Å². The Labute approximate surface area is 100 Å². The highest BCUT2D eigenvalue weighted by molar-refractivity contribution is 7.99. The first-order valence-corrected chi connectivity index (χ1v) is 6.96. The van der Waals surface area contributed by atoms with Gasteiger partial charge in [-0.3, -0.25) is 0 Å². The van der Waals surface area contributed by atoms with Crippen LogP contribution in [0.2, 0.25) is 0 Å². The molecule has 86 valence electrons. The number of hydrogen-bond donors (Lipinski definition) is 2. The van der Waals surface area contributed by atoms with Crippen molar-refractivity contribution in [3.63, 3.8) is 0 Å². The fraction of sp³-hybridized carbons (Fsp3) is 0.538. The second-order valence-corrected chi connectivity index (χ2v) is 6.05. The Balaban J connectivity index is 1.86. The van der Waals surface area contributed by atoms with E-state index in [-0.39, 0.29) is 0 Å². The number of hydrogen-bond acceptors (Lipinski definition) is 3. The van der Waals surface area contributed by atoms with Crippen molar-refractivity contribution in [2.45, 2.75) is 30.6 Å². The summed E-state index contributed by atoms with van der Waals surface area (Å²) in [4.78, 5) is 1.20. The Bertz CT molecular complexity index is 399. The smallest absolute Gasteiger partial charge is 0.116 e. The number of aromatic hydroxyl groups is 1. The molecule has 1 saturated carbocycles. The Morgan fingerprint density at radius 1 is 1.25 bits per heavy atom. The zero-order valence-electron chi connectivity index (χ0n) is 9.33. The van der Waals surface area contributed by atoms with E-state index < -0.39 is 0 Å². The quantitative estimate of drug-likeness (QED) is 0.675. The number of phenolic OH excluding ortho intramolecular Hbond substituents is 1. The highest BCUT2D eigenvalue weighted by Gasteiger charge is 2.35. The molecule has 0 bridgehead atoms. The van der Waals surface area contributed by atoms with E-state index in [4.69, 9.17) is 0 Å². The Kier molecular flexibility index (Phi) is 2.51. The van der Waals surface area contributed by atoms with Gasteiger partial charge in [-0.25, -0.2) is 0 Å². The lowest BCUT2D eigenvalue weighted by molar-refractivity contribution is 0.373. The summed E-state index contributed by atoms with van der Waals surface area (Å²) in [6.07, 6.45) is 5.47. The minimum atomic E-state index is 0.371. The summed E-state index contributed by atoms with van der Waals surface area (Å²) in [5.41, 5.74) is 1.69. The molecule has 0 amide bonds. The molecule has 16 heavy (non-hydrogen) atoms. The van der Waals surface area contributed by atoms with E-state index in [2.05, 4.69) is 5.32 Å². The van der Waals surface area contributed by atoms with Crippen LogP contribution in [0.3, 0.4) is 0 Å². The van der Waals surface area contributed by atoms with Gasteiger partial charge in [0.25, 0.3) is 0 Å². The largest absolute Gasteiger partial charge is 0.508 e. The van der Waals surface area contributed by atoms with Crippen molar-refractivity contribution < 1.29 is 5.11 Å². The molecular formula is C13H17NOS. The number of thioether (sulfide) groups is 1. The fourth-order valence-electron chi connectivity index (χ4n) is 2.79. The minimum absolute atomic E-state index is 0.371. The van der Waals surface area contributed by atoms with Crippen molar-refractivity contribution in [2.75, 3.05) is 17.6 Å². The molecule has 3 rings (SSSR count). The average molecular weight is 235 g/mol. The number of benzene rings is 1. The summed E-state index contributed by atoms with van der Waals surface area (Å²) >= 11 is 1.90. The van der Waals surface area contributed by atoms with Gasteiger partial charge in [0.2, 0.25) is 0 Å². The van der Waals surface area contributed by atoms with Gasteiger partial charge in [0.05, 0.1) is 0 Å². The summed E-state index contributed by atoms with van der Waals surface area (Å²) < 4.78 is 0. The van der Waals surface area contributed by atoms with Gasteiger partial charge in [0, 0.05) is 22.9 Å². The van der Waals surface area contributed by atoms with Crippen LogP contribution in [0, 0.1) is 5.41 Å². The zero-order valence-corrected chi connectivity index (χ0v) is 10.1. The van der Waals surface area contributed by atoms with E-state index in [9.17, 15) is 5.11 Å². The highest BCUT2D eigenvalue weighted by Crippen LogP contribution is 2.46. The third-order valence-electron chi connectivity index (χ3n) is 3.82. The molecule has 1 aromatic carbocycles. The average Bonchev–Trinajstić information content (AvgIpc) is 2.66. The second kappa shape index (κ2) is 3.88. The number of nitrogens with one attached hydrogen (secondary N) is 1. The molecule has 1 aliphatic carbocycles. The van der Waals surface area contributed by atoms with Crippen LogP contribution in [-0.2, 0) is 0 Å². The van der Waals surface area contributed by atoms with E-state index in [1.807, 2.05) is 23.9 Å². The zero-order chi connectivity index (χ0) is 11.0. The maximum Gasteiger partial charge on any atom is 0.116 e. The predicted octanol–water partition coefficient (Wildman–Crippen LogP) is 3.47. The molecule has 1 heterocycles. The fourth-order valence-corrected chi connectivity index (χ4v) is 4.14. The molecule has 3 heteroatoms. The summed E-state index contributed by atoms with van der Waals surface area (Å²) in [5.74, 6) is 1.56. The monoisotopic (exact) mass is 235 g/mol. The summed E-state index contributed by atoms with van der Waals surface area (Å²) in [6, 6.07) is 5.63. The predicted molar refractivity (Wildman–Crippen MR) is 68.2 cm³/mol. The van der Waals surface area contributed by atoms with Gasteiger partial charge < -0.3 is 10.4 Å². The SMILES string of the molecule is Oc1ccc2c(c1)SCC1(CCCC1)CN2. The molecule has 1 spiro atoms. The van der Waals surface area contributed by atoms with E-state index in [0.29, 0.717) is 11.2 Å². The third-order valence-corrected chi connectivity index (χ3v) is 5.22. The molecule has 0 radical (unpaired) electrons. The van der Waals surface area contributed by atoms with Gasteiger partial charge in [-0.1, -0.05) is 12.8 Å². The van der Waals surface area contributed by atoms with Gasteiger partial charge >= 0.3 is 0 Å². The molecule has 0 unspecified atom stereocenters. The Morgan fingerprint density at radius 3 is 2.88 bits per heavy atom. The van der Waals surface area contributed by atoms with Crippen molar-refractivity contribution in [1.82, 2.24) is 0 Å². The number of anilines is 1. The molecule has 1 aliphatic heterocycles. The van der Waals surface area contributed by atoms with Crippen molar-refractivity contribution in [3.05, 3.63) is 18.2 Å². The molecule has 2 nitrogen and oxygen atoms in total. The van der Waals surface area contributed by atoms with Crippen molar-refractivity contribution in [3.8, 4) is 5.75 Å². The standard InChI is InChI=1S/C13H17NOS/c15-10-3-4-11-12(7-10)16-9-13(8-14-11)5-1-2-6-13/h3-4,7,14-15H,1-2,5-6,8-9H2. The maximum atomic E-state index is 9.50. The van der Waals surface area contributed by atoms with Crippen molar-refractivity contribution >= 4 is 17.4 Å². The normalized spacial score (nSPS) is 22.5. The lowest BCUT2D eigenvalue weighted by Gasteiger charge is -2.26. The van der Waals surface area contributed by atoms with Crippen LogP contribution < -0.4 is 5.32 Å². The molecule has 2 aliphatic rings. The van der Waals surface area contributed by atoms with Gasteiger partial charge in [-0.2, -0.15) is 0 Å². The molecular weight excluding hydrogens is 218 g/mol. The first-order chi connectivity index (χ1) is 7.77. The molecule has 0 saturated heterocycles. The van der Waals surface area contributed by atoms with Crippen LogP contribution in [0.25, 0.3) is 0 Å². The summed E-state index contributed by atoms with van der Waals surface area (Å²) in [6.45, 7) is 1.10. The van der Waals surface area contributed by atoms with Gasteiger partial charge in [-0.05, 0) is 36.5 Å². The maximum absolute atomic E-state index is 9.50. The van der Waals surface area contributed by atoms with Crippen LogP contribution in [0.5, 0.6) is 5.75 Å². The van der Waals surface area contributed by atoms with E-state index in [0.717, 1.165) is 6.54 Å². The number of fused-ring (bicyclic) bond motifs is 1. The highest BCUT2D eigenvalue weighted by atomic mass is 32.2. The van der Waals surface area contributed by atoms with Crippen molar-refractivity contribution in [1.29, 1.82) is 0 Å².